The average Bonchev–Trinajstić information content (AvgIpc) is 3.01. The van der Waals surface area contributed by atoms with E-state index >= 15 is 0 Å². The van der Waals surface area contributed by atoms with E-state index in [1.807, 2.05) is 0 Å². The van der Waals surface area contributed by atoms with Crippen LogP contribution in [0, 0.1) is 11.3 Å². The summed E-state index contributed by atoms with van der Waals surface area (Å²) < 4.78 is 0. The fourth-order valence-corrected chi connectivity index (χ4v) is 4.79. The largest absolute Gasteiger partial charge is 0.391 e. The maximum Gasteiger partial charge on any atom is 0.268 e. The molecular formula is C16H26N4O3. The van der Waals surface area contributed by atoms with Gasteiger partial charge in [-0.25, -0.2) is 5.43 Å². The maximum atomic E-state index is 12.2. The summed E-state index contributed by atoms with van der Waals surface area (Å²) in [4.78, 5) is 25.8. The molecule has 128 valence electrons. The lowest BCUT2D eigenvalue weighted by molar-refractivity contribution is -0.120. The Morgan fingerprint density at radius 3 is 2.83 bits per heavy atom. The van der Waals surface area contributed by atoms with E-state index in [9.17, 15) is 14.7 Å². The fourth-order valence-electron chi connectivity index (χ4n) is 4.79. The minimum Gasteiger partial charge on any atom is -0.391 e. The molecule has 4 atom stereocenters. The standard InChI is InChI=1S/C16H26N4O3/c1-4-20-8-16(14(20)9(2)3)6-11(12(21)7-16)17-15(23)10-5-13(22)19-18-10/h9,11-12,14,21H,4-8H2,1-3H3,(H,17,23)(H,19,22)/t11-,12-,14?,16?/m1/s1. The number of hydrogen-bond acceptors (Lipinski definition) is 5. The van der Waals surface area contributed by atoms with Gasteiger partial charge in [-0.15, -0.1) is 0 Å². The van der Waals surface area contributed by atoms with Gasteiger partial charge in [-0.3, -0.25) is 14.5 Å². The number of aliphatic hydroxyl groups is 1. The van der Waals surface area contributed by atoms with Crippen LogP contribution >= 0.6 is 0 Å². The second kappa shape index (κ2) is 5.87. The monoisotopic (exact) mass is 322 g/mol. The van der Waals surface area contributed by atoms with Crippen molar-refractivity contribution in [3.8, 4) is 0 Å². The lowest BCUT2D eigenvalue weighted by atomic mass is 9.65. The van der Waals surface area contributed by atoms with Crippen LogP contribution in [0.1, 0.15) is 40.0 Å². The van der Waals surface area contributed by atoms with Crippen LogP contribution < -0.4 is 10.7 Å². The van der Waals surface area contributed by atoms with Crippen molar-refractivity contribution in [2.24, 2.45) is 16.4 Å². The summed E-state index contributed by atoms with van der Waals surface area (Å²) >= 11 is 0. The Labute approximate surface area is 136 Å². The second-order valence-corrected chi connectivity index (χ2v) is 7.44. The molecule has 7 heteroatoms. The van der Waals surface area contributed by atoms with E-state index in [4.69, 9.17) is 0 Å². The van der Waals surface area contributed by atoms with Crippen molar-refractivity contribution in [1.29, 1.82) is 0 Å². The summed E-state index contributed by atoms with van der Waals surface area (Å²) in [7, 11) is 0. The minimum absolute atomic E-state index is 0.0119. The summed E-state index contributed by atoms with van der Waals surface area (Å²) in [5.41, 5.74) is 2.57. The molecule has 3 rings (SSSR count). The molecule has 1 saturated heterocycles. The number of aliphatic hydroxyl groups excluding tert-OH is 1. The van der Waals surface area contributed by atoms with Gasteiger partial charge in [0.05, 0.1) is 18.6 Å². The molecule has 1 spiro atoms. The SMILES string of the molecule is CCN1CC2(C[C@@H](O)[C@H](NC(=O)C3=NNC(=O)C3)C2)C1C(C)C. The van der Waals surface area contributed by atoms with Gasteiger partial charge in [0, 0.05) is 18.0 Å². The first-order valence-electron chi connectivity index (χ1n) is 8.44. The molecule has 2 aliphatic heterocycles. The van der Waals surface area contributed by atoms with Crippen LogP contribution in [-0.4, -0.2) is 58.8 Å². The van der Waals surface area contributed by atoms with E-state index in [0.29, 0.717) is 12.0 Å². The molecule has 2 fully saturated rings. The first kappa shape index (κ1) is 16.4. The zero-order valence-corrected chi connectivity index (χ0v) is 14.0. The number of carbonyl (C=O) groups is 2. The van der Waals surface area contributed by atoms with Crippen molar-refractivity contribution in [2.75, 3.05) is 13.1 Å². The van der Waals surface area contributed by atoms with Gasteiger partial charge < -0.3 is 10.4 Å². The first-order chi connectivity index (χ1) is 10.9. The topological polar surface area (TPSA) is 94.0 Å². The molecule has 23 heavy (non-hydrogen) atoms. The molecule has 0 bridgehead atoms. The lowest BCUT2D eigenvalue weighted by Gasteiger charge is -2.58. The highest BCUT2D eigenvalue weighted by atomic mass is 16.3. The van der Waals surface area contributed by atoms with E-state index in [1.54, 1.807) is 0 Å². The smallest absolute Gasteiger partial charge is 0.268 e. The van der Waals surface area contributed by atoms with Gasteiger partial charge in [0.2, 0.25) is 5.91 Å². The minimum atomic E-state index is -0.537. The van der Waals surface area contributed by atoms with E-state index in [0.717, 1.165) is 25.9 Å². The number of nitrogens with zero attached hydrogens (tertiary/aromatic N) is 2. The van der Waals surface area contributed by atoms with Crippen LogP contribution in [0.5, 0.6) is 0 Å². The van der Waals surface area contributed by atoms with Gasteiger partial charge in [-0.1, -0.05) is 20.8 Å². The molecule has 2 amide bonds. The molecule has 0 aromatic carbocycles. The summed E-state index contributed by atoms with van der Waals surface area (Å²) in [5.74, 6) is -0.0976. The highest BCUT2D eigenvalue weighted by Crippen LogP contribution is 2.52. The van der Waals surface area contributed by atoms with E-state index in [1.165, 1.54) is 0 Å². The van der Waals surface area contributed by atoms with Crippen LogP contribution in [0.25, 0.3) is 0 Å². The molecule has 0 aromatic rings. The number of amides is 2. The number of rotatable bonds is 4. The fraction of sp³-hybridized carbons (Fsp3) is 0.812. The molecular weight excluding hydrogens is 296 g/mol. The third-order valence-corrected chi connectivity index (χ3v) is 5.51. The normalized spacial score (nSPS) is 37.0. The summed E-state index contributed by atoms with van der Waals surface area (Å²) in [6.45, 7) is 8.60. The van der Waals surface area contributed by atoms with Crippen LogP contribution in [0.3, 0.4) is 0 Å². The van der Waals surface area contributed by atoms with Crippen LogP contribution in [-0.2, 0) is 9.59 Å². The number of likely N-dealkylation sites (tertiary alicyclic amines) is 1. The average molecular weight is 322 g/mol. The number of carbonyl (C=O) groups excluding carboxylic acids is 2. The first-order valence-corrected chi connectivity index (χ1v) is 8.44. The molecule has 2 heterocycles. The van der Waals surface area contributed by atoms with Crippen molar-refractivity contribution < 1.29 is 14.7 Å². The molecule has 3 aliphatic rings. The van der Waals surface area contributed by atoms with Gasteiger partial charge in [0.25, 0.3) is 5.91 Å². The van der Waals surface area contributed by atoms with Crippen molar-refractivity contribution in [1.82, 2.24) is 15.6 Å². The van der Waals surface area contributed by atoms with Crippen molar-refractivity contribution in [3.05, 3.63) is 0 Å². The van der Waals surface area contributed by atoms with E-state index in [-0.39, 0.29) is 35.4 Å². The van der Waals surface area contributed by atoms with Gasteiger partial charge in [-0.05, 0) is 25.3 Å². The highest BCUT2D eigenvalue weighted by molar-refractivity contribution is 6.43. The summed E-state index contributed by atoms with van der Waals surface area (Å²) in [5, 5.41) is 17.1. The van der Waals surface area contributed by atoms with E-state index in [2.05, 4.69) is 41.5 Å². The third-order valence-electron chi connectivity index (χ3n) is 5.51. The Morgan fingerprint density at radius 1 is 1.52 bits per heavy atom. The molecule has 1 saturated carbocycles. The van der Waals surface area contributed by atoms with Crippen molar-refractivity contribution in [3.63, 3.8) is 0 Å². The zero-order chi connectivity index (χ0) is 16.8. The van der Waals surface area contributed by atoms with Crippen LogP contribution in [0.4, 0.5) is 0 Å². The van der Waals surface area contributed by atoms with Gasteiger partial charge >= 0.3 is 0 Å². The molecule has 7 nitrogen and oxygen atoms in total. The Hall–Kier alpha value is -1.47. The zero-order valence-electron chi connectivity index (χ0n) is 14.0. The number of hydrazone groups is 1. The van der Waals surface area contributed by atoms with E-state index < -0.39 is 6.10 Å². The predicted octanol–water partition coefficient (Wildman–Crippen LogP) is -0.152. The van der Waals surface area contributed by atoms with Crippen molar-refractivity contribution in [2.45, 2.75) is 58.2 Å². The Kier molecular flexibility index (Phi) is 4.18. The summed E-state index contributed by atoms with van der Waals surface area (Å²) in [6.07, 6.45) is 0.984. The van der Waals surface area contributed by atoms with Crippen LogP contribution in [0.15, 0.2) is 5.10 Å². The highest BCUT2D eigenvalue weighted by Gasteiger charge is 2.58. The lowest BCUT2D eigenvalue weighted by Crippen LogP contribution is -2.65. The Bertz CT molecular complexity index is 547. The number of hydrogen-bond donors (Lipinski definition) is 3. The Morgan fingerprint density at radius 2 is 2.26 bits per heavy atom. The molecule has 1 aliphatic carbocycles. The molecule has 0 radical (unpaired) electrons. The quantitative estimate of drug-likeness (QED) is 0.671. The number of nitrogens with one attached hydrogen (secondary N) is 2. The molecule has 2 unspecified atom stereocenters. The van der Waals surface area contributed by atoms with Gasteiger partial charge in [0.15, 0.2) is 0 Å². The van der Waals surface area contributed by atoms with Gasteiger partial charge in [-0.2, -0.15) is 5.10 Å². The second-order valence-electron chi connectivity index (χ2n) is 7.44. The molecule has 3 N–H and O–H groups in total. The predicted molar refractivity (Wildman–Crippen MR) is 85.7 cm³/mol. The molecule has 0 aromatic heterocycles. The third kappa shape index (κ3) is 2.76. The summed E-state index contributed by atoms with van der Waals surface area (Å²) in [6, 6.07) is 0.192. The van der Waals surface area contributed by atoms with Crippen molar-refractivity contribution >= 4 is 17.5 Å². The maximum absolute atomic E-state index is 12.2. The van der Waals surface area contributed by atoms with Crippen LogP contribution in [0.2, 0.25) is 0 Å². The van der Waals surface area contributed by atoms with Gasteiger partial charge in [0.1, 0.15) is 5.71 Å². The Balaban J connectivity index is 1.65.